The second-order valence-electron chi connectivity index (χ2n) is 8.63. The van der Waals surface area contributed by atoms with Gasteiger partial charge in [-0.1, -0.05) is 11.6 Å². The lowest BCUT2D eigenvalue weighted by Crippen LogP contribution is -2.41. The van der Waals surface area contributed by atoms with Crippen LogP contribution in [0.25, 0.3) is 0 Å². The maximum Gasteiger partial charge on any atom is 0.233 e. The highest BCUT2D eigenvalue weighted by Gasteiger charge is 2.39. The normalized spacial score (nSPS) is 17.5. The van der Waals surface area contributed by atoms with Gasteiger partial charge in [-0.25, -0.2) is 15.0 Å². The number of ether oxygens (including phenoxy) is 2. The highest BCUT2D eigenvalue weighted by molar-refractivity contribution is 6.36. The van der Waals surface area contributed by atoms with E-state index in [-0.39, 0.29) is 45.7 Å². The van der Waals surface area contributed by atoms with E-state index in [1.165, 1.54) is 12.3 Å². The van der Waals surface area contributed by atoms with Crippen LogP contribution >= 0.6 is 11.6 Å². The lowest BCUT2D eigenvalue weighted by molar-refractivity contribution is 0.0597. The fraction of sp³-hybridized carbons (Fsp3) is 0.545. The van der Waals surface area contributed by atoms with Crippen molar-refractivity contribution in [2.75, 3.05) is 50.2 Å². The molecule has 0 bridgehead atoms. The van der Waals surface area contributed by atoms with Gasteiger partial charge in [-0.15, -0.1) is 0 Å². The number of rotatable bonds is 8. The summed E-state index contributed by atoms with van der Waals surface area (Å²) in [7, 11) is 0. The average molecular weight is 493 g/mol. The number of aliphatic hydroxyl groups is 3. The summed E-state index contributed by atoms with van der Waals surface area (Å²) in [4.78, 5) is 15.1. The van der Waals surface area contributed by atoms with E-state index in [4.69, 9.17) is 32.2 Å². The van der Waals surface area contributed by atoms with Crippen LogP contribution in [-0.4, -0.2) is 81.6 Å². The first-order chi connectivity index (χ1) is 16.4. The van der Waals surface area contributed by atoms with Crippen LogP contribution in [0.15, 0.2) is 12.3 Å². The van der Waals surface area contributed by atoms with Crippen LogP contribution in [0.1, 0.15) is 36.2 Å². The van der Waals surface area contributed by atoms with Crippen molar-refractivity contribution in [2.45, 2.75) is 32.0 Å². The molecule has 2 aliphatic heterocycles. The molecule has 1 spiro atoms. The molecule has 2 saturated heterocycles. The van der Waals surface area contributed by atoms with Gasteiger partial charge in [0.15, 0.2) is 11.6 Å². The van der Waals surface area contributed by atoms with E-state index in [1.54, 1.807) is 0 Å². The first kappa shape index (κ1) is 24.6. The molecule has 0 atom stereocenters. The SMILES string of the molecule is N=C(c1ccnc(OC(CO)CO)c1Cl)c1nc(CO)c(N2CCC3(CCOC3)CC2)nc1N. The van der Waals surface area contributed by atoms with Gasteiger partial charge in [0.25, 0.3) is 0 Å². The van der Waals surface area contributed by atoms with Crippen molar-refractivity contribution < 1.29 is 24.8 Å². The van der Waals surface area contributed by atoms with Gasteiger partial charge in [-0.05, 0) is 30.7 Å². The molecule has 6 N–H and O–H groups in total. The molecular weight excluding hydrogens is 464 g/mol. The Kier molecular flexibility index (Phi) is 7.48. The molecule has 0 unspecified atom stereocenters. The molecule has 11 nitrogen and oxygen atoms in total. The smallest absolute Gasteiger partial charge is 0.233 e. The van der Waals surface area contributed by atoms with Gasteiger partial charge in [0.1, 0.15) is 22.5 Å². The van der Waals surface area contributed by atoms with Gasteiger partial charge >= 0.3 is 0 Å². The highest BCUT2D eigenvalue weighted by Crippen LogP contribution is 2.40. The van der Waals surface area contributed by atoms with Crippen molar-refractivity contribution in [3.05, 3.63) is 34.2 Å². The summed E-state index contributed by atoms with van der Waals surface area (Å²) < 4.78 is 11.0. The summed E-state index contributed by atoms with van der Waals surface area (Å²) in [6, 6.07) is 1.51. The zero-order valence-corrected chi connectivity index (χ0v) is 19.5. The molecule has 4 rings (SSSR count). The fourth-order valence-electron chi connectivity index (χ4n) is 4.37. The molecule has 12 heteroatoms. The van der Waals surface area contributed by atoms with Gasteiger partial charge in [0.05, 0.1) is 32.1 Å². The summed E-state index contributed by atoms with van der Waals surface area (Å²) >= 11 is 6.40. The minimum atomic E-state index is -0.904. The van der Waals surface area contributed by atoms with Gasteiger partial charge in [-0.2, -0.15) is 0 Å². The van der Waals surface area contributed by atoms with Crippen molar-refractivity contribution in [3.8, 4) is 5.88 Å². The molecule has 0 aliphatic carbocycles. The largest absolute Gasteiger partial charge is 0.468 e. The van der Waals surface area contributed by atoms with Gasteiger partial charge in [0, 0.05) is 31.5 Å². The number of hydrogen-bond donors (Lipinski definition) is 5. The second-order valence-corrected chi connectivity index (χ2v) is 9.01. The maximum atomic E-state index is 10.0. The van der Waals surface area contributed by atoms with Gasteiger partial charge in [-0.3, -0.25) is 5.41 Å². The minimum absolute atomic E-state index is 0.00957. The third-order valence-electron chi connectivity index (χ3n) is 6.48. The lowest BCUT2D eigenvalue weighted by Gasteiger charge is -2.39. The predicted molar refractivity (Wildman–Crippen MR) is 125 cm³/mol. The number of pyridine rings is 1. The number of nitrogen functional groups attached to an aromatic ring is 1. The van der Waals surface area contributed by atoms with Crippen molar-refractivity contribution in [3.63, 3.8) is 0 Å². The first-order valence-electron chi connectivity index (χ1n) is 11.1. The average Bonchev–Trinajstić information content (AvgIpc) is 3.31. The van der Waals surface area contributed by atoms with Crippen LogP contribution in [0, 0.1) is 10.8 Å². The number of nitrogens with zero attached hydrogens (tertiary/aromatic N) is 4. The molecule has 0 radical (unpaired) electrons. The number of hydrogen-bond acceptors (Lipinski definition) is 11. The van der Waals surface area contributed by atoms with E-state index in [0.29, 0.717) is 11.5 Å². The molecule has 0 saturated carbocycles. The van der Waals surface area contributed by atoms with E-state index in [9.17, 15) is 15.3 Å². The van der Waals surface area contributed by atoms with E-state index >= 15 is 0 Å². The van der Waals surface area contributed by atoms with Crippen LogP contribution in [0.5, 0.6) is 5.88 Å². The highest BCUT2D eigenvalue weighted by atomic mass is 35.5. The second kappa shape index (κ2) is 10.4. The van der Waals surface area contributed by atoms with Crippen LogP contribution in [0.3, 0.4) is 0 Å². The molecule has 2 aliphatic rings. The zero-order valence-electron chi connectivity index (χ0n) is 18.7. The van der Waals surface area contributed by atoms with Gasteiger partial charge in [0.2, 0.25) is 5.88 Å². The van der Waals surface area contributed by atoms with E-state index in [1.807, 2.05) is 0 Å². The van der Waals surface area contributed by atoms with Crippen LogP contribution < -0.4 is 15.4 Å². The van der Waals surface area contributed by atoms with Crippen molar-refractivity contribution >= 4 is 28.9 Å². The summed E-state index contributed by atoms with van der Waals surface area (Å²) in [6.07, 6.45) is 3.48. The minimum Gasteiger partial charge on any atom is -0.468 e. The molecular formula is C22H29ClN6O5. The Morgan fingerprint density at radius 1 is 1.24 bits per heavy atom. The van der Waals surface area contributed by atoms with E-state index < -0.39 is 19.3 Å². The Morgan fingerprint density at radius 3 is 2.59 bits per heavy atom. The molecule has 0 amide bonds. The summed E-state index contributed by atoms with van der Waals surface area (Å²) in [5.74, 6) is 0.519. The third kappa shape index (κ3) is 4.80. The fourth-order valence-corrected chi connectivity index (χ4v) is 4.62. The van der Waals surface area contributed by atoms with Crippen LogP contribution in [-0.2, 0) is 11.3 Å². The molecule has 34 heavy (non-hydrogen) atoms. The van der Waals surface area contributed by atoms with Gasteiger partial charge < -0.3 is 35.4 Å². The van der Waals surface area contributed by atoms with Crippen molar-refractivity contribution in [2.24, 2.45) is 5.41 Å². The summed E-state index contributed by atoms with van der Waals surface area (Å²) in [6.45, 7) is 1.88. The maximum absolute atomic E-state index is 10.0. The lowest BCUT2D eigenvalue weighted by atomic mass is 9.78. The third-order valence-corrected chi connectivity index (χ3v) is 6.85. The van der Waals surface area contributed by atoms with E-state index in [2.05, 4.69) is 19.9 Å². The summed E-state index contributed by atoms with van der Waals surface area (Å²) in [5, 5.41) is 37.2. The molecule has 184 valence electrons. The molecule has 2 aromatic rings. The van der Waals surface area contributed by atoms with Crippen molar-refractivity contribution in [1.29, 1.82) is 5.41 Å². The Labute approximate surface area is 202 Å². The summed E-state index contributed by atoms with van der Waals surface area (Å²) in [5.41, 5.74) is 6.96. The molecule has 4 heterocycles. The molecule has 2 aromatic heterocycles. The number of aliphatic hydroxyl groups excluding tert-OH is 3. The van der Waals surface area contributed by atoms with Crippen molar-refractivity contribution in [1.82, 2.24) is 15.0 Å². The number of piperidine rings is 1. The Bertz CT molecular complexity index is 1030. The topological polar surface area (TPSA) is 171 Å². The number of nitrogens with one attached hydrogen (secondary N) is 1. The number of nitrogens with two attached hydrogens (primary N) is 1. The monoisotopic (exact) mass is 492 g/mol. The Hall–Kier alpha value is -2.57. The zero-order chi connectivity index (χ0) is 24.3. The number of halogens is 1. The van der Waals surface area contributed by atoms with Crippen LogP contribution in [0.2, 0.25) is 5.02 Å². The number of anilines is 2. The molecule has 2 fully saturated rings. The van der Waals surface area contributed by atoms with Crippen LogP contribution in [0.4, 0.5) is 11.6 Å². The molecule has 0 aromatic carbocycles. The number of aromatic nitrogens is 3. The predicted octanol–water partition coefficient (Wildman–Crippen LogP) is 0.755. The standard InChI is InChI=1S/C22H29ClN6O5/c23-16-14(1-5-26-21(16)34-13(9-30)10-31)17(24)18-19(25)28-20(15(11-32)27-18)29-6-2-22(3-7-29)4-8-33-12-22/h1,5,13,24,30-32H,2-4,6-12H2,(H2,25,28). The first-order valence-corrected chi connectivity index (χ1v) is 11.5. The van der Waals surface area contributed by atoms with E-state index in [0.717, 1.165) is 45.6 Å². The quantitative estimate of drug-likeness (QED) is 0.331. The Balaban J connectivity index is 1.59. The Morgan fingerprint density at radius 2 is 1.97 bits per heavy atom.